The number of nitrogens with zero attached hydrogens (tertiary/aromatic N) is 1. The molecule has 4 heteroatoms. The summed E-state index contributed by atoms with van der Waals surface area (Å²) in [5, 5.41) is 11.9. The van der Waals surface area contributed by atoms with Crippen LogP contribution in [0, 0.1) is 0 Å². The number of aliphatic carboxylic acids is 1. The Morgan fingerprint density at radius 1 is 1.32 bits per heavy atom. The summed E-state index contributed by atoms with van der Waals surface area (Å²) in [6.07, 6.45) is 2.37. The molecule has 1 aliphatic heterocycles. The van der Waals surface area contributed by atoms with Gasteiger partial charge in [0.05, 0.1) is 0 Å². The molecule has 1 unspecified atom stereocenters. The first-order valence-corrected chi connectivity index (χ1v) is 6.80. The second-order valence-electron chi connectivity index (χ2n) is 5.30. The summed E-state index contributed by atoms with van der Waals surface area (Å²) in [5.74, 6) is -0.224. The first kappa shape index (κ1) is 14.0. The maximum atomic E-state index is 11.1. The van der Waals surface area contributed by atoms with Crippen LogP contribution < -0.4 is 5.32 Å². The SMILES string of the molecule is CNC(C(=O)O)c1ccc(C2CCN(C)CC2)cc1. The third-order valence-electron chi connectivity index (χ3n) is 4.00. The minimum Gasteiger partial charge on any atom is -0.480 e. The number of carboxylic acid groups (broad SMARTS) is 1. The maximum absolute atomic E-state index is 11.1. The number of carboxylic acids is 1. The molecule has 1 saturated heterocycles. The fourth-order valence-electron chi connectivity index (χ4n) is 2.74. The highest BCUT2D eigenvalue weighted by Gasteiger charge is 2.20. The average Bonchev–Trinajstić information content (AvgIpc) is 2.41. The van der Waals surface area contributed by atoms with E-state index >= 15 is 0 Å². The van der Waals surface area contributed by atoms with Crippen LogP contribution in [0.25, 0.3) is 0 Å². The molecule has 0 amide bonds. The van der Waals surface area contributed by atoms with Crippen LogP contribution in [0.4, 0.5) is 0 Å². The summed E-state index contributed by atoms with van der Waals surface area (Å²) in [5.41, 5.74) is 2.14. The molecule has 104 valence electrons. The molecule has 0 aliphatic carbocycles. The second-order valence-corrected chi connectivity index (χ2v) is 5.30. The van der Waals surface area contributed by atoms with Gasteiger partial charge in [0.1, 0.15) is 6.04 Å². The predicted molar refractivity (Wildman–Crippen MR) is 75.4 cm³/mol. The Labute approximate surface area is 114 Å². The first-order chi connectivity index (χ1) is 9.11. The van der Waals surface area contributed by atoms with Gasteiger partial charge in [-0.1, -0.05) is 24.3 Å². The molecule has 2 rings (SSSR count). The third-order valence-corrected chi connectivity index (χ3v) is 4.00. The van der Waals surface area contributed by atoms with Crippen molar-refractivity contribution in [1.29, 1.82) is 0 Å². The van der Waals surface area contributed by atoms with Gasteiger partial charge in [0.2, 0.25) is 0 Å². The lowest BCUT2D eigenvalue weighted by Crippen LogP contribution is -2.29. The first-order valence-electron chi connectivity index (χ1n) is 6.80. The van der Waals surface area contributed by atoms with E-state index in [0.717, 1.165) is 18.7 Å². The lowest BCUT2D eigenvalue weighted by Gasteiger charge is -2.29. The molecule has 1 aromatic rings. The summed E-state index contributed by atoms with van der Waals surface area (Å²) >= 11 is 0. The van der Waals surface area contributed by atoms with Crippen molar-refractivity contribution in [1.82, 2.24) is 10.2 Å². The summed E-state index contributed by atoms with van der Waals surface area (Å²) in [6, 6.07) is 7.41. The van der Waals surface area contributed by atoms with Gasteiger partial charge in [-0.2, -0.15) is 0 Å². The summed E-state index contributed by atoms with van der Waals surface area (Å²) < 4.78 is 0. The van der Waals surface area contributed by atoms with Gasteiger partial charge in [-0.05, 0) is 57.1 Å². The second kappa shape index (κ2) is 6.17. The van der Waals surface area contributed by atoms with Crippen LogP contribution in [0.5, 0.6) is 0 Å². The van der Waals surface area contributed by atoms with E-state index in [1.165, 1.54) is 18.4 Å². The zero-order valence-corrected chi connectivity index (χ0v) is 11.6. The monoisotopic (exact) mass is 262 g/mol. The highest BCUT2D eigenvalue weighted by atomic mass is 16.4. The van der Waals surface area contributed by atoms with E-state index in [9.17, 15) is 4.79 Å². The number of hydrogen-bond donors (Lipinski definition) is 2. The zero-order chi connectivity index (χ0) is 13.8. The number of nitrogens with one attached hydrogen (secondary N) is 1. The number of likely N-dealkylation sites (tertiary alicyclic amines) is 1. The summed E-state index contributed by atoms with van der Waals surface area (Å²) in [4.78, 5) is 13.4. The van der Waals surface area contributed by atoms with E-state index in [2.05, 4.69) is 29.4 Å². The van der Waals surface area contributed by atoms with Crippen LogP contribution in [-0.4, -0.2) is 43.2 Å². The van der Waals surface area contributed by atoms with E-state index < -0.39 is 12.0 Å². The minimum atomic E-state index is -0.838. The average molecular weight is 262 g/mol. The van der Waals surface area contributed by atoms with Crippen molar-refractivity contribution in [3.05, 3.63) is 35.4 Å². The van der Waals surface area contributed by atoms with Gasteiger partial charge < -0.3 is 15.3 Å². The van der Waals surface area contributed by atoms with E-state index in [0.29, 0.717) is 5.92 Å². The van der Waals surface area contributed by atoms with Gasteiger partial charge in [-0.3, -0.25) is 4.79 Å². The van der Waals surface area contributed by atoms with Gasteiger partial charge in [-0.25, -0.2) is 0 Å². The normalized spacial score (nSPS) is 19.3. The maximum Gasteiger partial charge on any atom is 0.325 e. The molecule has 1 fully saturated rings. The number of carbonyl (C=O) groups is 1. The molecule has 2 N–H and O–H groups in total. The summed E-state index contributed by atoms with van der Waals surface area (Å²) in [6.45, 7) is 2.28. The molecule has 0 saturated carbocycles. The smallest absolute Gasteiger partial charge is 0.325 e. The molecular formula is C15H22N2O2. The van der Waals surface area contributed by atoms with Crippen molar-refractivity contribution in [3.63, 3.8) is 0 Å². The fraction of sp³-hybridized carbons (Fsp3) is 0.533. The number of piperidine rings is 1. The van der Waals surface area contributed by atoms with E-state index in [4.69, 9.17) is 5.11 Å². The Kier molecular flexibility index (Phi) is 4.56. The third kappa shape index (κ3) is 3.33. The molecule has 1 aliphatic rings. The minimum absolute atomic E-state index is 0.614. The molecule has 19 heavy (non-hydrogen) atoms. The van der Waals surface area contributed by atoms with Crippen molar-refractivity contribution < 1.29 is 9.90 Å². The Morgan fingerprint density at radius 3 is 2.37 bits per heavy atom. The highest BCUT2D eigenvalue weighted by Crippen LogP contribution is 2.28. The van der Waals surface area contributed by atoms with Gasteiger partial charge in [0, 0.05) is 0 Å². The van der Waals surface area contributed by atoms with E-state index in [1.54, 1.807) is 7.05 Å². The Bertz CT molecular complexity index is 422. The largest absolute Gasteiger partial charge is 0.480 e. The van der Waals surface area contributed by atoms with Crippen LogP contribution in [0.1, 0.15) is 35.9 Å². The zero-order valence-electron chi connectivity index (χ0n) is 11.6. The highest BCUT2D eigenvalue weighted by molar-refractivity contribution is 5.75. The Balaban J connectivity index is 2.08. The standard InChI is InChI=1S/C15H22N2O2/c1-16-14(15(18)19)13-5-3-11(4-6-13)12-7-9-17(2)10-8-12/h3-6,12,14,16H,7-10H2,1-2H3,(H,18,19). The van der Waals surface area contributed by atoms with Gasteiger partial charge in [0.15, 0.2) is 0 Å². The molecule has 0 aromatic heterocycles. The number of benzene rings is 1. The van der Waals surface area contributed by atoms with Crippen molar-refractivity contribution in [3.8, 4) is 0 Å². The van der Waals surface area contributed by atoms with Crippen LogP contribution in [0.2, 0.25) is 0 Å². The van der Waals surface area contributed by atoms with E-state index in [-0.39, 0.29) is 0 Å². The molecule has 1 aromatic carbocycles. The molecule has 1 atom stereocenters. The van der Waals surface area contributed by atoms with Crippen LogP contribution >= 0.6 is 0 Å². The topological polar surface area (TPSA) is 52.6 Å². The van der Waals surface area contributed by atoms with E-state index in [1.807, 2.05) is 12.1 Å². The van der Waals surface area contributed by atoms with Crippen LogP contribution in [-0.2, 0) is 4.79 Å². The molecule has 1 heterocycles. The van der Waals surface area contributed by atoms with Crippen molar-refractivity contribution in [2.24, 2.45) is 0 Å². The molecular weight excluding hydrogens is 240 g/mol. The van der Waals surface area contributed by atoms with Crippen molar-refractivity contribution in [2.75, 3.05) is 27.2 Å². The van der Waals surface area contributed by atoms with Gasteiger partial charge >= 0.3 is 5.97 Å². The molecule has 0 bridgehead atoms. The Hall–Kier alpha value is -1.39. The fourth-order valence-corrected chi connectivity index (χ4v) is 2.74. The quantitative estimate of drug-likeness (QED) is 0.869. The molecule has 0 spiro atoms. The van der Waals surface area contributed by atoms with Crippen LogP contribution in [0.3, 0.4) is 0 Å². The molecule has 0 radical (unpaired) electrons. The van der Waals surface area contributed by atoms with Gasteiger partial charge in [0.25, 0.3) is 0 Å². The predicted octanol–water partition coefficient (Wildman–Crippen LogP) is 1.84. The van der Waals surface area contributed by atoms with Crippen molar-refractivity contribution >= 4 is 5.97 Å². The van der Waals surface area contributed by atoms with Crippen LogP contribution in [0.15, 0.2) is 24.3 Å². The van der Waals surface area contributed by atoms with Gasteiger partial charge in [-0.15, -0.1) is 0 Å². The Morgan fingerprint density at radius 2 is 1.89 bits per heavy atom. The summed E-state index contributed by atoms with van der Waals surface area (Å²) in [7, 11) is 3.83. The lowest BCUT2D eigenvalue weighted by molar-refractivity contribution is -0.139. The van der Waals surface area contributed by atoms with Crippen molar-refractivity contribution in [2.45, 2.75) is 24.8 Å². The lowest BCUT2D eigenvalue weighted by atomic mass is 9.88. The number of hydrogen-bond acceptors (Lipinski definition) is 3. The molecule has 4 nitrogen and oxygen atoms in total. The number of likely N-dealkylation sites (N-methyl/N-ethyl adjacent to an activating group) is 1. The number of rotatable bonds is 4.